The van der Waals surface area contributed by atoms with Gasteiger partial charge in [0.15, 0.2) is 0 Å². The van der Waals surface area contributed by atoms with E-state index in [4.69, 9.17) is 0 Å². The van der Waals surface area contributed by atoms with Gasteiger partial charge in [-0.1, -0.05) is 24.6 Å². The Labute approximate surface area is 165 Å². The number of rotatable bonds is 6. The van der Waals surface area contributed by atoms with E-state index in [2.05, 4.69) is 22.0 Å². The second-order valence-corrected chi connectivity index (χ2v) is 7.18. The van der Waals surface area contributed by atoms with Crippen LogP contribution in [0.5, 0.6) is 0 Å². The van der Waals surface area contributed by atoms with Gasteiger partial charge in [0.25, 0.3) is 5.91 Å². The number of carboxylic acids is 1. The zero-order valence-corrected chi connectivity index (χ0v) is 16.4. The van der Waals surface area contributed by atoms with Crippen LogP contribution in [0.3, 0.4) is 0 Å². The van der Waals surface area contributed by atoms with Gasteiger partial charge in [0.1, 0.15) is 0 Å². The summed E-state index contributed by atoms with van der Waals surface area (Å²) < 4.78 is 0. The van der Waals surface area contributed by atoms with Gasteiger partial charge in [0.05, 0.1) is 11.3 Å². The molecular weight excluding hydrogens is 354 g/mol. The Morgan fingerprint density at radius 1 is 1.04 bits per heavy atom. The van der Waals surface area contributed by atoms with E-state index in [1.807, 2.05) is 25.1 Å². The molecule has 1 fully saturated rings. The SMILES string of the molecule is CCCN1CCN(c2ccc(NC(=O)c3ccc(C)cc3)c(C(=O)O)c2)CC1. The first kappa shape index (κ1) is 19.9. The van der Waals surface area contributed by atoms with Gasteiger partial charge in [-0.2, -0.15) is 0 Å². The normalized spacial score (nSPS) is 14.7. The van der Waals surface area contributed by atoms with Crippen molar-refractivity contribution in [1.29, 1.82) is 0 Å². The van der Waals surface area contributed by atoms with Crippen molar-refractivity contribution in [2.24, 2.45) is 0 Å². The van der Waals surface area contributed by atoms with Crippen LogP contribution in [-0.2, 0) is 0 Å². The molecule has 3 rings (SSSR count). The topological polar surface area (TPSA) is 72.9 Å². The van der Waals surface area contributed by atoms with E-state index in [1.165, 1.54) is 0 Å². The first-order chi connectivity index (χ1) is 13.5. The summed E-state index contributed by atoms with van der Waals surface area (Å²) in [5.41, 5.74) is 2.85. The van der Waals surface area contributed by atoms with Gasteiger partial charge >= 0.3 is 5.97 Å². The molecule has 0 spiro atoms. The van der Waals surface area contributed by atoms with Crippen molar-refractivity contribution in [3.8, 4) is 0 Å². The highest BCUT2D eigenvalue weighted by Gasteiger charge is 2.20. The third-order valence-electron chi connectivity index (χ3n) is 5.07. The molecule has 1 amide bonds. The Kier molecular flexibility index (Phi) is 6.31. The van der Waals surface area contributed by atoms with E-state index in [1.54, 1.807) is 24.3 Å². The third kappa shape index (κ3) is 4.70. The van der Waals surface area contributed by atoms with E-state index in [-0.39, 0.29) is 11.5 Å². The number of hydrogen-bond acceptors (Lipinski definition) is 4. The predicted octanol–water partition coefficient (Wildman–Crippen LogP) is 3.48. The van der Waals surface area contributed by atoms with Crippen molar-refractivity contribution in [3.05, 3.63) is 59.2 Å². The fraction of sp³-hybridized carbons (Fsp3) is 0.364. The number of carbonyl (C=O) groups is 2. The van der Waals surface area contributed by atoms with Crippen LogP contribution in [0.15, 0.2) is 42.5 Å². The number of anilines is 2. The Balaban J connectivity index is 1.75. The number of aryl methyl sites for hydroxylation is 1. The van der Waals surface area contributed by atoms with Gasteiger partial charge in [-0.05, 0) is 50.2 Å². The monoisotopic (exact) mass is 381 g/mol. The fourth-order valence-corrected chi connectivity index (χ4v) is 3.46. The van der Waals surface area contributed by atoms with Crippen LogP contribution in [0.2, 0.25) is 0 Å². The van der Waals surface area contributed by atoms with Crippen LogP contribution < -0.4 is 10.2 Å². The molecule has 1 aliphatic rings. The minimum atomic E-state index is -1.05. The van der Waals surface area contributed by atoms with Crippen LogP contribution in [0.4, 0.5) is 11.4 Å². The molecule has 2 aromatic carbocycles. The lowest BCUT2D eigenvalue weighted by atomic mass is 10.1. The highest BCUT2D eigenvalue weighted by atomic mass is 16.4. The number of piperazine rings is 1. The lowest BCUT2D eigenvalue weighted by molar-refractivity contribution is 0.0698. The molecule has 2 aromatic rings. The number of hydrogen-bond donors (Lipinski definition) is 2. The van der Waals surface area contributed by atoms with E-state index < -0.39 is 5.97 Å². The smallest absolute Gasteiger partial charge is 0.337 e. The minimum absolute atomic E-state index is 0.106. The molecular formula is C22H27N3O3. The van der Waals surface area contributed by atoms with Gasteiger partial charge in [-0.3, -0.25) is 9.69 Å². The Bertz CT molecular complexity index is 841. The summed E-state index contributed by atoms with van der Waals surface area (Å²) >= 11 is 0. The molecule has 6 heteroatoms. The molecule has 148 valence electrons. The molecule has 0 radical (unpaired) electrons. The van der Waals surface area contributed by atoms with Crippen LogP contribution in [0.25, 0.3) is 0 Å². The second-order valence-electron chi connectivity index (χ2n) is 7.18. The quantitative estimate of drug-likeness (QED) is 0.801. The Hall–Kier alpha value is -2.86. The number of carbonyl (C=O) groups excluding carboxylic acids is 1. The molecule has 6 nitrogen and oxygen atoms in total. The summed E-state index contributed by atoms with van der Waals surface area (Å²) in [5.74, 6) is -1.37. The molecule has 1 saturated heterocycles. The van der Waals surface area contributed by atoms with Gasteiger partial charge in [0, 0.05) is 37.4 Å². The minimum Gasteiger partial charge on any atom is -0.478 e. The number of benzene rings is 2. The fourth-order valence-electron chi connectivity index (χ4n) is 3.46. The lowest BCUT2D eigenvalue weighted by Gasteiger charge is -2.36. The maximum absolute atomic E-state index is 12.5. The molecule has 0 aliphatic carbocycles. The Morgan fingerprint density at radius 3 is 2.32 bits per heavy atom. The second kappa shape index (κ2) is 8.89. The number of nitrogens with one attached hydrogen (secondary N) is 1. The van der Waals surface area contributed by atoms with Crippen molar-refractivity contribution < 1.29 is 14.7 Å². The first-order valence-corrected chi connectivity index (χ1v) is 9.70. The van der Waals surface area contributed by atoms with Gasteiger partial charge in [-0.15, -0.1) is 0 Å². The lowest BCUT2D eigenvalue weighted by Crippen LogP contribution is -2.46. The standard InChI is InChI=1S/C22H27N3O3/c1-3-10-24-11-13-25(14-12-24)18-8-9-20(19(15-18)22(27)28)23-21(26)17-6-4-16(2)5-7-17/h4-9,15H,3,10-14H2,1-2H3,(H,23,26)(H,27,28). The molecule has 0 atom stereocenters. The van der Waals surface area contributed by atoms with Crippen LogP contribution in [0.1, 0.15) is 39.6 Å². The summed E-state index contributed by atoms with van der Waals surface area (Å²) in [6, 6.07) is 12.4. The molecule has 0 saturated carbocycles. The van der Waals surface area contributed by atoms with Gasteiger partial charge < -0.3 is 15.3 Å². The maximum atomic E-state index is 12.5. The summed E-state index contributed by atoms with van der Waals surface area (Å²) in [5, 5.41) is 12.4. The number of amides is 1. The van der Waals surface area contributed by atoms with Crippen molar-refractivity contribution in [2.45, 2.75) is 20.3 Å². The van der Waals surface area contributed by atoms with Crippen molar-refractivity contribution in [2.75, 3.05) is 42.9 Å². The summed E-state index contributed by atoms with van der Waals surface area (Å²) in [6.07, 6.45) is 1.14. The zero-order chi connectivity index (χ0) is 20.1. The average molecular weight is 381 g/mol. The van der Waals surface area contributed by atoms with Crippen molar-refractivity contribution in [3.63, 3.8) is 0 Å². The van der Waals surface area contributed by atoms with E-state index in [0.29, 0.717) is 11.3 Å². The largest absolute Gasteiger partial charge is 0.478 e. The molecule has 0 unspecified atom stereocenters. The Morgan fingerprint density at radius 2 is 1.71 bits per heavy atom. The molecule has 1 heterocycles. The van der Waals surface area contributed by atoms with Gasteiger partial charge in [0.2, 0.25) is 0 Å². The summed E-state index contributed by atoms with van der Waals surface area (Å²) in [7, 11) is 0. The van der Waals surface area contributed by atoms with Crippen molar-refractivity contribution in [1.82, 2.24) is 4.90 Å². The molecule has 2 N–H and O–H groups in total. The summed E-state index contributed by atoms with van der Waals surface area (Å²) in [6.45, 7) is 8.91. The first-order valence-electron chi connectivity index (χ1n) is 9.70. The average Bonchev–Trinajstić information content (AvgIpc) is 2.69. The molecule has 0 bridgehead atoms. The number of nitrogens with zero attached hydrogens (tertiary/aromatic N) is 2. The van der Waals surface area contributed by atoms with Crippen LogP contribution in [0, 0.1) is 6.92 Å². The zero-order valence-electron chi connectivity index (χ0n) is 16.4. The van der Waals surface area contributed by atoms with Crippen LogP contribution >= 0.6 is 0 Å². The highest BCUT2D eigenvalue weighted by molar-refractivity contribution is 6.08. The summed E-state index contributed by atoms with van der Waals surface area (Å²) in [4.78, 5) is 28.9. The molecule has 1 aliphatic heterocycles. The number of carboxylic acid groups (broad SMARTS) is 1. The highest BCUT2D eigenvalue weighted by Crippen LogP contribution is 2.25. The predicted molar refractivity (Wildman–Crippen MR) is 111 cm³/mol. The molecule has 0 aromatic heterocycles. The third-order valence-corrected chi connectivity index (χ3v) is 5.07. The van der Waals surface area contributed by atoms with E-state index >= 15 is 0 Å². The number of aromatic carboxylic acids is 1. The van der Waals surface area contributed by atoms with Gasteiger partial charge in [-0.25, -0.2) is 4.79 Å². The van der Waals surface area contributed by atoms with E-state index in [9.17, 15) is 14.7 Å². The molecule has 28 heavy (non-hydrogen) atoms. The maximum Gasteiger partial charge on any atom is 0.337 e. The van der Waals surface area contributed by atoms with Crippen molar-refractivity contribution >= 4 is 23.3 Å². The van der Waals surface area contributed by atoms with Crippen LogP contribution in [-0.4, -0.2) is 54.6 Å². The van der Waals surface area contributed by atoms with E-state index in [0.717, 1.165) is 50.4 Å².